The summed E-state index contributed by atoms with van der Waals surface area (Å²) in [6, 6.07) is 10.6. The zero-order valence-corrected chi connectivity index (χ0v) is 18.7. The van der Waals surface area contributed by atoms with E-state index in [0.29, 0.717) is 58.9 Å². The first kappa shape index (κ1) is 21.9. The standard InChI is InChI=1S/C25H27FN2O4/c1-15-11-16(2)14-27(13-15)23-22(17-5-7-18(26)8-6-17)24(29)28(25(23)30)19-9-10-20(31-3)21(12-19)32-4/h5-10,12,15-16H,11,13-14H2,1-4H3. The molecule has 2 aliphatic rings. The fraction of sp³-hybridized carbons (Fsp3) is 0.360. The van der Waals surface area contributed by atoms with Gasteiger partial charge in [0.05, 0.1) is 25.5 Å². The number of anilines is 1. The molecule has 0 saturated carbocycles. The Morgan fingerprint density at radius 2 is 1.50 bits per heavy atom. The number of amides is 2. The van der Waals surface area contributed by atoms with Crippen LogP contribution < -0.4 is 14.4 Å². The third kappa shape index (κ3) is 3.83. The third-order valence-electron chi connectivity index (χ3n) is 6.00. The van der Waals surface area contributed by atoms with E-state index >= 15 is 0 Å². The molecule has 2 amide bonds. The molecule has 2 aromatic rings. The van der Waals surface area contributed by atoms with Gasteiger partial charge in [-0.1, -0.05) is 26.0 Å². The van der Waals surface area contributed by atoms with Crippen molar-refractivity contribution in [1.82, 2.24) is 4.90 Å². The maximum absolute atomic E-state index is 13.7. The maximum atomic E-state index is 13.7. The topological polar surface area (TPSA) is 59.1 Å². The lowest BCUT2D eigenvalue weighted by Crippen LogP contribution is -2.42. The zero-order chi connectivity index (χ0) is 23.0. The first-order valence-corrected chi connectivity index (χ1v) is 10.7. The SMILES string of the molecule is COc1ccc(N2C(=O)C(c3ccc(F)cc3)=C(N3CC(C)CC(C)C3)C2=O)cc1OC. The Kier molecular flexibility index (Phi) is 5.91. The summed E-state index contributed by atoms with van der Waals surface area (Å²) in [6.45, 7) is 5.66. The van der Waals surface area contributed by atoms with Crippen molar-refractivity contribution in [2.75, 3.05) is 32.2 Å². The van der Waals surface area contributed by atoms with E-state index in [2.05, 4.69) is 13.8 Å². The molecule has 0 spiro atoms. The quantitative estimate of drug-likeness (QED) is 0.658. The molecule has 0 N–H and O–H groups in total. The largest absolute Gasteiger partial charge is 0.493 e. The van der Waals surface area contributed by atoms with Gasteiger partial charge in [-0.25, -0.2) is 9.29 Å². The van der Waals surface area contributed by atoms with Gasteiger partial charge in [0.15, 0.2) is 11.5 Å². The van der Waals surface area contributed by atoms with Crippen molar-refractivity contribution in [3.8, 4) is 11.5 Å². The second kappa shape index (κ2) is 8.65. The van der Waals surface area contributed by atoms with Crippen molar-refractivity contribution < 1.29 is 23.5 Å². The summed E-state index contributed by atoms with van der Waals surface area (Å²) in [5, 5.41) is 0. The summed E-state index contributed by atoms with van der Waals surface area (Å²) < 4.78 is 24.2. The van der Waals surface area contributed by atoms with Crippen LogP contribution in [0, 0.1) is 17.7 Å². The Labute approximate surface area is 187 Å². The first-order chi connectivity index (χ1) is 15.3. The molecule has 7 heteroatoms. The van der Waals surface area contributed by atoms with Crippen LogP contribution in [0.5, 0.6) is 11.5 Å². The molecular formula is C25H27FN2O4. The minimum Gasteiger partial charge on any atom is -0.493 e. The van der Waals surface area contributed by atoms with Crippen LogP contribution in [0.1, 0.15) is 25.8 Å². The van der Waals surface area contributed by atoms with Crippen molar-refractivity contribution in [3.63, 3.8) is 0 Å². The normalized spacial score (nSPS) is 21.4. The number of likely N-dealkylation sites (tertiary alicyclic amines) is 1. The molecular weight excluding hydrogens is 411 g/mol. The van der Waals surface area contributed by atoms with E-state index in [-0.39, 0.29) is 5.91 Å². The number of carbonyl (C=O) groups excluding carboxylic acids is 2. The molecule has 1 fully saturated rings. The van der Waals surface area contributed by atoms with Gasteiger partial charge in [-0.15, -0.1) is 0 Å². The van der Waals surface area contributed by atoms with Crippen molar-refractivity contribution in [2.24, 2.45) is 11.8 Å². The van der Waals surface area contributed by atoms with E-state index in [0.717, 1.165) is 6.42 Å². The molecule has 2 aliphatic heterocycles. The predicted molar refractivity (Wildman–Crippen MR) is 120 cm³/mol. The van der Waals surface area contributed by atoms with E-state index in [4.69, 9.17) is 9.47 Å². The summed E-state index contributed by atoms with van der Waals surface area (Å²) in [5.74, 6) is 0.475. The summed E-state index contributed by atoms with van der Waals surface area (Å²) in [7, 11) is 3.02. The van der Waals surface area contributed by atoms with Crippen LogP contribution in [-0.2, 0) is 9.59 Å². The summed E-state index contributed by atoms with van der Waals surface area (Å²) >= 11 is 0. The number of hydrogen-bond donors (Lipinski definition) is 0. The van der Waals surface area contributed by atoms with E-state index in [1.807, 2.05) is 4.90 Å². The molecule has 0 aromatic heterocycles. The van der Waals surface area contributed by atoms with Gasteiger partial charge >= 0.3 is 0 Å². The lowest BCUT2D eigenvalue weighted by molar-refractivity contribution is -0.120. The molecule has 2 unspecified atom stereocenters. The summed E-state index contributed by atoms with van der Waals surface area (Å²) in [5.41, 5.74) is 1.58. The lowest BCUT2D eigenvalue weighted by atomic mass is 9.91. The van der Waals surface area contributed by atoms with Crippen molar-refractivity contribution in [2.45, 2.75) is 20.3 Å². The van der Waals surface area contributed by atoms with Gasteiger partial charge in [-0.2, -0.15) is 0 Å². The van der Waals surface area contributed by atoms with E-state index in [1.54, 1.807) is 30.3 Å². The fourth-order valence-corrected chi connectivity index (χ4v) is 4.73. The summed E-state index contributed by atoms with van der Waals surface area (Å²) in [4.78, 5) is 30.5. The molecule has 168 valence electrons. The van der Waals surface area contributed by atoms with E-state index < -0.39 is 11.7 Å². The molecule has 1 saturated heterocycles. The molecule has 4 rings (SSSR count). The minimum absolute atomic E-state index is 0.297. The molecule has 0 bridgehead atoms. The number of carbonyl (C=O) groups is 2. The Balaban J connectivity index is 1.82. The van der Waals surface area contributed by atoms with Crippen LogP contribution in [0.25, 0.3) is 5.57 Å². The second-order valence-corrected chi connectivity index (χ2v) is 8.57. The zero-order valence-electron chi connectivity index (χ0n) is 18.7. The number of benzene rings is 2. The van der Waals surface area contributed by atoms with Crippen molar-refractivity contribution in [1.29, 1.82) is 0 Å². The third-order valence-corrected chi connectivity index (χ3v) is 6.00. The van der Waals surface area contributed by atoms with Crippen LogP contribution in [-0.4, -0.2) is 44.0 Å². The Morgan fingerprint density at radius 1 is 0.875 bits per heavy atom. The van der Waals surface area contributed by atoms with Crippen molar-refractivity contribution in [3.05, 3.63) is 59.5 Å². The van der Waals surface area contributed by atoms with Gasteiger partial charge in [0.1, 0.15) is 11.5 Å². The number of hydrogen-bond acceptors (Lipinski definition) is 5. The number of nitrogens with zero attached hydrogens (tertiary/aromatic N) is 2. The number of piperidine rings is 1. The highest BCUT2D eigenvalue weighted by Crippen LogP contribution is 2.39. The Bertz CT molecular complexity index is 1070. The molecule has 6 nitrogen and oxygen atoms in total. The van der Waals surface area contributed by atoms with Gasteiger partial charge in [0, 0.05) is 19.2 Å². The van der Waals surface area contributed by atoms with Gasteiger partial charge in [-0.3, -0.25) is 9.59 Å². The highest BCUT2D eigenvalue weighted by molar-refractivity contribution is 6.45. The van der Waals surface area contributed by atoms with Gasteiger partial charge < -0.3 is 14.4 Å². The fourth-order valence-electron chi connectivity index (χ4n) is 4.73. The van der Waals surface area contributed by atoms with Crippen LogP contribution in [0.2, 0.25) is 0 Å². The molecule has 2 heterocycles. The molecule has 0 radical (unpaired) electrons. The van der Waals surface area contributed by atoms with Gasteiger partial charge in [0.25, 0.3) is 11.8 Å². The number of ether oxygens (including phenoxy) is 2. The lowest BCUT2D eigenvalue weighted by Gasteiger charge is -2.37. The Hall–Kier alpha value is -3.35. The number of methoxy groups -OCH3 is 2. The average Bonchev–Trinajstić information content (AvgIpc) is 3.03. The Morgan fingerprint density at radius 3 is 2.09 bits per heavy atom. The highest BCUT2D eigenvalue weighted by atomic mass is 19.1. The summed E-state index contributed by atoms with van der Waals surface area (Å²) in [6.07, 6.45) is 1.07. The second-order valence-electron chi connectivity index (χ2n) is 8.57. The van der Waals surface area contributed by atoms with Crippen molar-refractivity contribution >= 4 is 23.1 Å². The van der Waals surface area contributed by atoms with Crippen LogP contribution >= 0.6 is 0 Å². The molecule has 0 aliphatic carbocycles. The van der Waals surface area contributed by atoms with E-state index in [9.17, 15) is 14.0 Å². The van der Waals surface area contributed by atoms with Crippen LogP contribution in [0.4, 0.5) is 10.1 Å². The highest BCUT2D eigenvalue weighted by Gasteiger charge is 2.44. The van der Waals surface area contributed by atoms with E-state index in [1.165, 1.54) is 31.3 Å². The number of halogens is 1. The van der Waals surface area contributed by atoms with Crippen LogP contribution in [0.3, 0.4) is 0 Å². The van der Waals surface area contributed by atoms with Crippen LogP contribution in [0.15, 0.2) is 48.2 Å². The smallest absolute Gasteiger partial charge is 0.282 e. The number of rotatable bonds is 5. The van der Waals surface area contributed by atoms with Gasteiger partial charge in [-0.05, 0) is 48.1 Å². The average molecular weight is 438 g/mol. The number of imide groups is 1. The molecule has 32 heavy (non-hydrogen) atoms. The van der Waals surface area contributed by atoms with Gasteiger partial charge in [0.2, 0.25) is 0 Å². The molecule has 2 atom stereocenters. The minimum atomic E-state index is -0.435. The predicted octanol–water partition coefficient (Wildman–Crippen LogP) is 4.11. The maximum Gasteiger partial charge on any atom is 0.282 e. The first-order valence-electron chi connectivity index (χ1n) is 10.7. The molecule has 2 aromatic carbocycles. The monoisotopic (exact) mass is 438 g/mol.